The third-order valence-electron chi connectivity index (χ3n) is 3.65. The number of nitrogens with zero attached hydrogens (tertiary/aromatic N) is 2. The Hall–Kier alpha value is -1.49. The van der Waals surface area contributed by atoms with Crippen molar-refractivity contribution in [1.82, 2.24) is 9.55 Å². The molecule has 1 aromatic heterocycles. The fraction of sp³-hybridized carbons (Fsp3) is 0.500. The van der Waals surface area contributed by atoms with Crippen molar-refractivity contribution in [3.63, 3.8) is 0 Å². The summed E-state index contributed by atoms with van der Waals surface area (Å²) >= 11 is 1.80. The van der Waals surface area contributed by atoms with Gasteiger partial charge in [0.05, 0.1) is 11.1 Å². The van der Waals surface area contributed by atoms with E-state index in [1.165, 1.54) is 0 Å². The van der Waals surface area contributed by atoms with Gasteiger partial charge in [-0.05, 0) is 32.2 Å². The molecule has 0 saturated heterocycles. The molecule has 0 bridgehead atoms. The molecule has 0 aliphatic carbocycles. The highest BCUT2D eigenvalue weighted by Crippen LogP contribution is 2.30. The zero-order valence-electron chi connectivity index (χ0n) is 13.2. The number of hydrogen-bond acceptors (Lipinski definition) is 3. The van der Waals surface area contributed by atoms with Crippen LogP contribution in [0.25, 0.3) is 11.0 Å². The minimum absolute atomic E-state index is 0.0660. The maximum absolute atomic E-state index is 11.4. The first-order valence-electron chi connectivity index (χ1n) is 7.04. The van der Waals surface area contributed by atoms with Gasteiger partial charge in [-0.25, -0.2) is 9.78 Å². The molecule has 2 aromatic rings. The zero-order chi connectivity index (χ0) is 15.8. The minimum atomic E-state index is -0.926. The number of carbonyl (C=O) groups is 1. The number of rotatable bonds is 5. The molecule has 0 amide bonds. The van der Waals surface area contributed by atoms with Crippen LogP contribution in [0, 0.1) is 0 Å². The van der Waals surface area contributed by atoms with Gasteiger partial charge in [-0.3, -0.25) is 0 Å². The number of carboxylic acid groups (broad SMARTS) is 1. The molecule has 114 valence electrons. The van der Waals surface area contributed by atoms with Crippen LogP contribution in [-0.4, -0.2) is 31.6 Å². The summed E-state index contributed by atoms with van der Waals surface area (Å²) in [6, 6.07) is 5.36. The Balaban J connectivity index is 2.69. The van der Waals surface area contributed by atoms with Crippen molar-refractivity contribution in [3.8, 4) is 0 Å². The highest BCUT2D eigenvalue weighted by Gasteiger charge is 2.24. The van der Waals surface area contributed by atoms with Crippen LogP contribution in [0.15, 0.2) is 18.2 Å². The van der Waals surface area contributed by atoms with Gasteiger partial charge in [-0.1, -0.05) is 19.9 Å². The largest absolute Gasteiger partial charge is 0.478 e. The summed E-state index contributed by atoms with van der Waals surface area (Å²) in [6.45, 7) is 9.36. The maximum atomic E-state index is 11.4. The van der Waals surface area contributed by atoms with Gasteiger partial charge >= 0.3 is 5.97 Å². The lowest BCUT2D eigenvalue weighted by atomic mass is 10.1. The van der Waals surface area contributed by atoms with Gasteiger partial charge in [-0.15, -0.1) is 0 Å². The lowest BCUT2D eigenvalue weighted by Crippen LogP contribution is -2.24. The predicted octanol–water partition coefficient (Wildman–Crippen LogP) is 4.00. The van der Waals surface area contributed by atoms with Gasteiger partial charge in [0.25, 0.3) is 0 Å². The average Bonchev–Trinajstić information content (AvgIpc) is 2.77. The molecular weight excluding hydrogens is 284 g/mol. The molecule has 1 aromatic carbocycles. The van der Waals surface area contributed by atoms with Crippen molar-refractivity contribution in [2.75, 3.05) is 6.26 Å². The fourth-order valence-electron chi connectivity index (χ4n) is 2.39. The number of thioether (sulfide) groups is 1. The van der Waals surface area contributed by atoms with E-state index in [-0.39, 0.29) is 16.2 Å². The Morgan fingerprint density at radius 3 is 2.62 bits per heavy atom. The van der Waals surface area contributed by atoms with Crippen LogP contribution < -0.4 is 0 Å². The van der Waals surface area contributed by atoms with Crippen molar-refractivity contribution >= 4 is 28.8 Å². The van der Waals surface area contributed by atoms with E-state index in [4.69, 9.17) is 0 Å². The second-order valence-corrected chi connectivity index (χ2v) is 7.67. The Kier molecular flexibility index (Phi) is 4.33. The van der Waals surface area contributed by atoms with Crippen molar-refractivity contribution < 1.29 is 9.90 Å². The van der Waals surface area contributed by atoms with Gasteiger partial charge in [0.15, 0.2) is 0 Å². The lowest BCUT2D eigenvalue weighted by Gasteiger charge is -2.25. The number of aromatic nitrogens is 2. The topological polar surface area (TPSA) is 55.1 Å². The third-order valence-corrected chi connectivity index (χ3v) is 4.88. The van der Waals surface area contributed by atoms with Crippen molar-refractivity contribution in [3.05, 3.63) is 29.6 Å². The van der Waals surface area contributed by atoms with Crippen LogP contribution in [0.2, 0.25) is 0 Å². The Morgan fingerprint density at radius 2 is 2.10 bits per heavy atom. The molecule has 0 unspecified atom stereocenters. The predicted molar refractivity (Wildman–Crippen MR) is 88.4 cm³/mol. The summed E-state index contributed by atoms with van der Waals surface area (Å²) in [6.07, 6.45) is 2.09. The number of carboxylic acids is 1. The van der Waals surface area contributed by atoms with Crippen LogP contribution in [0.4, 0.5) is 0 Å². The number of imidazole rings is 1. The van der Waals surface area contributed by atoms with Gasteiger partial charge in [0.1, 0.15) is 11.3 Å². The molecule has 0 atom stereocenters. The van der Waals surface area contributed by atoms with E-state index in [0.717, 1.165) is 17.9 Å². The zero-order valence-corrected chi connectivity index (χ0v) is 14.0. The summed E-state index contributed by atoms with van der Waals surface area (Å²) in [5, 5.41) is 9.35. The van der Waals surface area contributed by atoms with Crippen molar-refractivity contribution in [2.24, 2.45) is 0 Å². The van der Waals surface area contributed by atoms with E-state index >= 15 is 0 Å². The molecular formula is C16H22N2O2S. The number of fused-ring (bicyclic) bond motifs is 1. The summed E-state index contributed by atoms with van der Waals surface area (Å²) in [5.41, 5.74) is 1.77. The number of benzene rings is 1. The summed E-state index contributed by atoms with van der Waals surface area (Å²) in [4.78, 5) is 16.0. The first-order valence-corrected chi connectivity index (χ1v) is 8.27. The first-order chi connectivity index (χ1) is 9.76. The maximum Gasteiger partial charge on any atom is 0.337 e. The molecule has 0 radical (unpaired) electrons. The quantitative estimate of drug-likeness (QED) is 0.907. The number of para-hydroxylation sites is 1. The van der Waals surface area contributed by atoms with E-state index in [1.807, 2.05) is 6.07 Å². The highest BCUT2D eigenvalue weighted by molar-refractivity contribution is 7.99. The second-order valence-electron chi connectivity index (χ2n) is 6.15. The van der Waals surface area contributed by atoms with Crippen molar-refractivity contribution in [1.29, 1.82) is 0 Å². The molecule has 21 heavy (non-hydrogen) atoms. The van der Waals surface area contributed by atoms with E-state index in [1.54, 1.807) is 23.9 Å². The summed E-state index contributed by atoms with van der Waals surface area (Å²) in [7, 11) is 0. The second kappa shape index (κ2) is 5.72. The molecule has 1 N–H and O–H groups in total. The van der Waals surface area contributed by atoms with Crippen LogP contribution in [-0.2, 0) is 6.54 Å². The summed E-state index contributed by atoms with van der Waals surface area (Å²) < 4.78 is 2.24. The normalized spacial score (nSPS) is 12.3. The Bertz CT molecular complexity index is 674. The van der Waals surface area contributed by atoms with Gasteiger partial charge in [0, 0.05) is 17.2 Å². The summed E-state index contributed by atoms with van der Waals surface area (Å²) in [5.74, 6) is 0.266. The molecule has 0 spiro atoms. The number of aromatic carboxylic acids is 1. The SMILES string of the molecule is CSC(C)(C)Cn1c(C(C)C)nc2c(C(=O)O)cccc21. The molecule has 4 nitrogen and oxygen atoms in total. The van der Waals surface area contributed by atoms with Crippen LogP contribution in [0.5, 0.6) is 0 Å². The fourth-order valence-corrected chi connectivity index (χ4v) is 2.65. The molecule has 1 heterocycles. The molecule has 0 fully saturated rings. The molecule has 0 aliphatic heterocycles. The Morgan fingerprint density at radius 1 is 1.43 bits per heavy atom. The Labute approximate surface area is 129 Å². The van der Waals surface area contributed by atoms with Crippen LogP contribution in [0.1, 0.15) is 49.8 Å². The smallest absolute Gasteiger partial charge is 0.337 e. The molecule has 0 aliphatic rings. The van der Waals surface area contributed by atoms with E-state index in [9.17, 15) is 9.90 Å². The van der Waals surface area contributed by atoms with Crippen LogP contribution >= 0.6 is 11.8 Å². The van der Waals surface area contributed by atoms with Gasteiger partial charge < -0.3 is 9.67 Å². The number of hydrogen-bond donors (Lipinski definition) is 1. The third kappa shape index (κ3) is 3.07. The highest BCUT2D eigenvalue weighted by atomic mass is 32.2. The lowest BCUT2D eigenvalue weighted by molar-refractivity contribution is 0.0699. The minimum Gasteiger partial charge on any atom is -0.478 e. The molecule has 0 saturated carbocycles. The van der Waals surface area contributed by atoms with Gasteiger partial charge in [0.2, 0.25) is 0 Å². The van der Waals surface area contributed by atoms with Crippen LogP contribution in [0.3, 0.4) is 0 Å². The average molecular weight is 306 g/mol. The van der Waals surface area contributed by atoms with E-state index in [2.05, 4.69) is 43.5 Å². The van der Waals surface area contributed by atoms with Crippen molar-refractivity contribution in [2.45, 2.75) is 44.9 Å². The van der Waals surface area contributed by atoms with E-state index in [0.29, 0.717) is 5.52 Å². The monoisotopic (exact) mass is 306 g/mol. The van der Waals surface area contributed by atoms with E-state index < -0.39 is 5.97 Å². The standard InChI is InChI=1S/C16H22N2O2S/c1-10(2)14-17-13-11(15(19)20)7-6-8-12(13)18(14)9-16(3,4)21-5/h6-8,10H,9H2,1-5H3,(H,19,20). The molecule has 2 rings (SSSR count). The molecule has 5 heteroatoms. The first kappa shape index (κ1) is 15.9. The van der Waals surface area contributed by atoms with Gasteiger partial charge in [-0.2, -0.15) is 11.8 Å².